The van der Waals surface area contributed by atoms with Crippen molar-refractivity contribution >= 4 is 23.6 Å². The number of oxime groups is 1. The number of benzene rings is 1. The third-order valence-electron chi connectivity index (χ3n) is 5.78. The van der Waals surface area contributed by atoms with E-state index in [1.165, 1.54) is 19.2 Å². The van der Waals surface area contributed by atoms with Crippen LogP contribution in [0.1, 0.15) is 57.4 Å². The highest BCUT2D eigenvalue weighted by Crippen LogP contribution is 2.41. The number of rotatable bonds is 7. The number of methoxy groups -OCH3 is 1. The number of non-ortho nitro benzene ring substituents is 1. The molecule has 30 heavy (non-hydrogen) atoms. The second-order valence-corrected chi connectivity index (χ2v) is 7.72. The molecule has 8 heteroatoms. The molecule has 0 N–H and O–H groups in total. The first-order valence-corrected chi connectivity index (χ1v) is 10.2. The smallest absolute Gasteiger partial charge is 0.336 e. The molecule has 2 aliphatic rings. The van der Waals surface area contributed by atoms with Gasteiger partial charge in [0.2, 0.25) is 0 Å². The van der Waals surface area contributed by atoms with Gasteiger partial charge in [0.15, 0.2) is 0 Å². The van der Waals surface area contributed by atoms with Crippen molar-refractivity contribution in [1.82, 2.24) is 0 Å². The van der Waals surface area contributed by atoms with Crippen molar-refractivity contribution < 1.29 is 19.3 Å². The van der Waals surface area contributed by atoms with Gasteiger partial charge >= 0.3 is 5.97 Å². The average molecular weight is 413 g/mol. The standard InChI is InChI=1S/C22H27N3O5/c1-14-19(11-12-23-30-18-9-4-5-10-18)21(20(15(2)24-14)22(26)29-3)16-7-6-8-17(13-16)25(27)28/h6-8,12-13,18-19,21H,4-5,9-11H2,1-3H3/b23-12+. The molecule has 2 atom stereocenters. The Kier molecular flexibility index (Phi) is 6.97. The molecule has 0 aromatic heterocycles. The summed E-state index contributed by atoms with van der Waals surface area (Å²) in [7, 11) is 1.32. The van der Waals surface area contributed by atoms with Gasteiger partial charge in [0, 0.05) is 41.6 Å². The molecule has 1 heterocycles. The van der Waals surface area contributed by atoms with Crippen LogP contribution in [0.4, 0.5) is 5.69 Å². The Hall–Kier alpha value is -3.03. The number of aliphatic imine (C=N–C) groups is 1. The number of carbonyl (C=O) groups is 1. The molecule has 8 nitrogen and oxygen atoms in total. The summed E-state index contributed by atoms with van der Waals surface area (Å²) in [6, 6.07) is 6.38. The summed E-state index contributed by atoms with van der Waals surface area (Å²) in [5.41, 5.74) is 2.47. The highest BCUT2D eigenvalue weighted by molar-refractivity contribution is 5.98. The Labute approximate surface area is 175 Å². The van der Waals surface area contributed by atoms with Crippen LogP contribution in [0.3, 0.4) is 0 Å². The second kappa shape index (κ2) is 9.65. The van der Waals surface area contributed by atoms with Crippen molar-refractivity contribution in [2.24, 2.45) is 16.1 Å². The number of nitro benzene ring substituents is 1. The van der Waals surface area contributed by atoms with Crippen LogP contribution in [0, 0.1) is 16.0 Å². The van der Waals surface area contributed by atoms with E-state index in [0.717, 1.165) is 31.4 Å². The maximum atomic E-state index is 12.6. The maximum absolute atomic E-state index is 12.6. The maximum Gasteiger partial charge on any atom is 0.336 e. The molecule has 1 fully saturated rings. The minimum atomic E-state index is -0.482. The topological polar surface area (TPSA) is 103 Å². The van der Waals surface area contributed by atoms with Gasteiger partial charge in [-0.05, 0) is 51.5 Å². The van der Waals surface area contributed by atoms with E-state index in [-0.39, 0.29) is 17.7 Å². The van der Waals surface area contributed by atoms with Crippen LogP contribution >= 0.6 is 0 Å². The van der Waals surface area contributed by atoms with Gasteiger partial charge in [0.05, 0.1) is 17.6 Å². The molecule has 1 aliphatic heterocycles. The van der Waals surface area contributed by atoms with Crippen LogP contribution in [0.2, 0.25) is 0 Å². The summed E-state index contributed by atoms with van der Waals surface area (Å²) < 4.78 is 5.01. The molecule has 1 aliphatic carbocycles. The molecule has 2 unspecified atom stereocenters. The molecule has 0 saturated heterocycles. The Bertz CT molecular complexity index is 900. The summed E-state index contributed by atoms with van der Waals surface area (Å²) in [5, 5.41) is 15.4. The SMILES string of the molecule is COC(=O)C1=C(C)N=C(C)C(C/C=N/OC2CCCC2)C1c1cccc([N+](=O)[O-])c1. The lowest BCUT2D eigenvalue weighted by Crippen LogP contribution is -2.30. The van der Waals surface area contributed by atoms with Gasteiger partial charge in [-0.15, -0.1) is 0 Å². The van der Waals surface area contributed by atoms with Crippen molar-refractivity contribution in [1.29, 1.82) is 0 Å². The average Bonchev–Trinajstić information content (AvgIpc) is 3.25. The lowest BCUT2D eigenvalue weighted by atomic mass is 9.74. The third-order valence-corrected chi connectivity index (χ3v) is 5.78. The van der Waals surface area contributed by atoms with Crippen molar-refractivity contribution in [3.8, 4) is 0 Å². The Morgan fingerprint density at radius 1 is 1.33 bits per heavy atom. The molecule has 0 bridgehead atoms. The number of hydrogen-bond acceptors (Lipinski definition) is 7. The molecular formula is C22H27N3O5. The van der Waals surface area contributed by atoms with Crippen molar-refractivity contribution in [2.45, 2.75) is 58.0 Å². The van der Waals surface area contributed by atoms with E-state index in [1.807, 2.05) is 6.92 Å². The zero-order chi connectivity index (χ0) is 21.7. The molecule has 0 radical (unpaired) electrons. The second-order valence-electron chi connectivity index (χ2n) is 7.72. The number of nitrogens with zero attached hydrogens (tertiary/aromatic N) is 3. The number of esters is 1. The van der Waals surface area contributed by atoms with Gasteiger partial charge in [-0.1, -0.05) is 17.3 Å². The van der Waals surface area contributed by atoms with E-state index in [9.17, 15) is 14.9 Å². The third kappa shape index (κ3) is 4.75. The largest absolute Gasteiger partial charge is 0.466 e. The first-order chi connectivity index (χ1) is 14.4. The molecule has 3 rings (SSSR count). The van der Waals surface area contributed by atoms with Gasteiger partial charge in [0.1, 0.15) is 6.10 Å². The highest BCUT2D eigenvalue weighted by Gasteiger charge is 2.37. The fourth-order valence-corrected chi connectivity index (χ4v) is 4.28. The lowest BCUT2D eigenvalue weighted by molar-refractivity contribution is -0.384. The van der Waals surface area contributed by atoms with Crippen LogP contribution in [0.5, 0.6) is 0 Å². The van der Waals surface area contributed by atoms with E-state index in [1.54, 1.807) is 25.3 Å². The van der Waals surface area contributed by atoms with Gasteiger partial charge in [0.25, 0.3) is 5.69 Å². The zero-order valence-electron chi connectivity index (χ0n) is 17.5. The van der Waals surface area contributed by atoms with Gasteiger partial charge in [-0.25, -0.2) is 4.79 Å². The number of hydrogen-bond donors (Lipinski definition) is 0. The predicted octanol–water partition coefficient (Wildman–Crippen LogP) is 4.55. The number of nitro groups is 1. The molecule has 1 aromatic carbocycles. The number of ether oxygens (including phenoxy) is 1. The van der Waals surface area contributed by atoms with Crippen LogP contribution in [0.15, 0.2) is 45.7 Å². The van der Waals surface area contributed by atoms with E-state index in [4.69, 9.17) is 9.57 Å². The Morgan fingerprint density at radius 2 is 2.07 bits per heavy atom. The van der Waals surface area contributed by atoms with Crippen LogP contribution in [-0.4, -0.2) is 36.0 Å². The van der Waals surface area contributed by atoms with Gasteiger partial charge in [-0.3, -0.25) is 15.1 Å². The first kappa shape index (κ1) is 21.7. The normalized spacial score (nSPS) is 22.3. The van der Waals surface area contributed by atoms with Crippen LogP contribution in [-0.2, 0) is 14.4 Å². The van der Waals surface area contributed by atoms with Crippen molar-refractivity contribution in [2.75, 3.05) is 7.11 Å². The van der Waals surface area contributed by atoms with E-state index in [0.29, 0.717) is 23.3 Å². The molecule has 1 saturated carbocycles. The summed E-state index contributed by atoms with van der Waals surface area (Å²) in [6.45, 7) is 3.66. The fourth-order valence-electron chi connectivity index (χ4n) is 4.28. The fraction of sp³-hybridized carbons (Fsp3) is 0.500. The first-order valence-electron chi connectivity index (χ1n) is 10.2. The summed E-state index contributed by atoms with van der Waals surface area (Å²) in [6.07, 6.45) is 6.73. The predicted molar refractivity (Wildman–Crippen MR) is 114 cm³/mol. The monoisotopic (exact) mass is 413 g/mol. The molecule has 0 spiro atoms. The molecule has 0 amide bonds. The Morgan fingerprint density at radius 3 is 2.73 bits per heavy atom. The van der Waals surface area contributed by atoms with Crippen LogP contribution < -0.4 is 0 Å². The van der Waals surface area contributed by atoms with Crippen molar-refractivity contribution in [3.05, 3.63) is 51.2 Å². The lowest BCUT2D eigenvalue weighted by Gasteiger charge is -2.32. The number of allylic oxidation sites excluding steroid dienone is 1. The van der Waals surface area contributed by atoms with E-state index in [2.05, 4.69) is 10.1 Å². The Balaban J connectivity index is 1.93. The summed E-state index contributed by atoms with van der Waals surface area (Å²) >= 11 is 0. The van der Waals surface area contributed by atoms with Gasteiger partial charge < -0.3 is 9.57 Å². The number of carbonyl (C=O) groups excluding carboxylic acids is 1. The minimum absolute atomic E-state index is 0.0217. The summed E-state index contributed by atoms with van der Waals surface area (Å²) in [4.78, 5) is 33.6. The summed E-state index contributed by atoms with van der Waals surface area (Å²) in [5.74, 6) is -1.10. The van der Waals surface area contributed by atoms with E-state index < -0.39 is 16.8 Å². The van der Waals surface area contributed by atoms with E-state index >= 15 is 0 Å². The highest BCUT2D eigenvalue weighted by atomic mass is 16.6. The molecular weight excluding hydrogens is 386 g/mol. The quantitative estimate of drug-likeness (QED) is 0.282. The van der Waals surface area contributed by atoms with Gasteiger partial charge in [-0.2, -0.15) is 0 Å². The van der Waals surface area contributed by atoms with Crippen LogP contribution in [0.25, 0.3) is 0 Å². The molecule has 160 valence electrons. The zero-order valence-corrected chi connectivity index (χ0v) is 17.5. The van der Waals surface area contributed by atoms with Crippen molar-refractivity contribution in [3.63, 3.8) is 0 Å². The minimum Gasteiger partial charge on any atom is -0.466 e. The molecule has 1 aromatic rings.